The molecule has 0 aliphatic carbocycles. The van der Waals surface area contributed by atoms with Gasteiger partial charge in [0, 0.05) is 12.7 Å². The van der Waals surface area contributed by atoms with Crippen molar-refractivity contribution in [2.45, 2.75) is 20.0 Å². The second kappa shape index (κ2) is 5.44. The third-order valence-electron chi connectivity index (χ3n) is 3.09. The third kappa shape index (κ3) is 3.20. The number of alkyl halides is 3. The maximum Gasteiger partial charge on any atom is 0.419 e. The molecule has 8 heteroatoms. The molecule has 2 heterocycles. The van der Waals surface area contributed by atoms with Crippen molar-refractivity contribution in [1.82, 2.24) is 9.99 Å². The van der Waals surface area contributed by atoms with Gasteiger partial charge in [0.25, 0.3) is 0 Å². The molecular weight excluding hydrogens is 359 g/mol. The van der Waals surface area contributed by atoms with E-state index in [0.717, 1.165) is 12.6 Å². The molecule has 0 saturated heterocycles. The first-order valence-corrected chi connectivity index (χ1v) is 7.00. The fraction of sp³-hybridized carbons (Fsp3) is 0.417. The third-order valence-corrected chi connectivity index (χ3v) is 3.98. The highest BCUT2D eigenvalue weighted by molar-refractivity contribution is 9.10. The van der Waals surface area contributed by atoms with Gasteiger partial charge in [-0.3, -0.25) is 10.4 Å². The predicted molar refractivity (Wildman–Crippen MR) is 75.2 cm³/mol. The number of rotatable bonds is 2. The summed E-state index contributed by atoms with van der Waals surface area (Å²) in [5.41, 5.74) is 3.16. The van der Waals surface area contributed by atoms with Gasteiger partial charge in [0.15, 0.2) is 5.82 Å². The molecule has 0 radical (unpaired) electrons. The molecule has 1 aromatic heterocycles. The molecule has 0 aromatic carbocycles. The van der Waals surface area contributed by atoms with Gasteiger partial charge in [0.1, 0.15) is 5.15 Å². The van der Waals surface area contributed by atoms with Crippen LogP contribution in [-0.2, 0) is 6.18 Å². The van der Waals surface area contributed by atoms with Crippen LogP contribution >= 0.6 is 27.5 Å². The Balaban J connectivity index is 2.25. The van der Waals surface area contributed by atoms with E-state index in [1.165, 1.54) is 5.57 Å². The first-order chi connectivity index (χ1) is 9.18. The zero-order valence-corrected chi connectivity index (χ0v) is 13.1. The Hall–Kier alpha value is -0.950. The summed E-state index contributed by atoms with van der Waals surface area (Å²) in [6.45, 7) is 4.78. The van der Waals surface area contributed by atoms with Gasteiger partial charge in [-0.1, -0.05) is 24.1 Å². The average Bonchev–Trinajstić information content (AvgIpc) is 2.61. The molecule has 1 aliphatic rings. The number of halogens is 5. The number of nitrogens with one attached hydrogen (secondary N) is 1. The van der Waals surface area contributed by atoms with Crippen molar-refractivity contribution >= 4 is 33.3 Å². The van der Waals surface area contributed by atoms with Crippen LogP contribution in [0.5, 0.6) is 0 Å². The van der Waals surface area contributed by atoms with Crippen molar-refractivity contribution in [2.24, 2.45) is 5.92 Å². The number of anilines is 1. The van der Waals surface area contributed by atoms with Gasteiger partial charge >= 0.3 is 6.18 Å². The smallest absolute Gasteiger partial charge is 0.293 e. The Morgan fingerprint density at radius 2 is 2.15 bits per heavy atom. The van der Waals surface area contributed by atoms with Crippen LogP contribution in [0.3, 0.4) is 0 Å². The number of pyridine rings is 1. The molecule has 1 atom stereocenters. The largest absolute Gasteiger partial charge is 0.419 e. The first kappa shape index (κ1) is 15.4. The van der Waals surface area contributed by atoms with E-state index in [1.54, 1.807) is 5.01 Å². The van der Waals surface area contributed by atoms with E-state index in [1.807, 2.05) is 13.1 Å². The van der Waals surface area contributed by atoms with E-state index < -0.39 is 16.9 Å². The summed E-state index contributed by atoms with van der Waals surface area (Å²) in [7, 11) is 0. The van der Waals surface area contributed by atoms with Crippen molar-refractivity contribution in [3.8, 4) is 0 Å². The van der Waals surface area contributed by atoms with Gasteiger partial charge in [-0.05, 0) is 34.8 Å². The maximum absolute atomic E-state index is 12.7. The van der Waals surface area contributed by atoms with Crippen LogP contribution in [-0.4, -0.2) is 16.5 Å². The lowest BCUT2D eigenvalue weighted by Crippen LogP contribution is -2.25. The van der Waals surface area contributed by atoms with Crippen molar-refractivity contribution < 1.29 is 13.2 Å². The van der Waals surface area contributed by atoms with E-state index >= 15 is 0 Å². The normalized spacial score (nSPS) is 19.2. The highest BCUT2D eigenvalue weighted by atomic mass is 79.9. The van der Waals surface area contributed by atoms with E-state index in [0.29, 0.717) is 5.92 Å². The molecule has 1 N–H and O–H groups in total. The summed E-state index contributed by atoms with van der Waals surface area (Å²) >= 11 is 8.68. The Bertz CT molecular complexity index is 560. The second-order valence-electron chi connectivity index (χ2n) is 4.69. The Morgan fingerprint density at radius 1 is 1.50 bits per heavy atom. The SMILES string of the molecule is CC1=CN(Nc2nc(Cl)c(C(F)(F)F)cc2Br)CC1C. The van der Waals surface area contributed by atoms with Crippen molar-refractivity contribution in [3.05, 3.63) is 33.0 Å². The van der Waals surface area contributed by atoms with Crippen LogP contribution in [0.25, 0.3) is 0 Å². The Kier molecular flexibility index (Phi) is 4.20. The highest BCUT2D eigenvalue weighted by Gasteiger charge is 2.35. The fourth-order valence-electron chi connectivity index (χ4n) is 1.82. The minimum atomic E-state index is -4.52. The van der Waals surface area contributed by atoms with Gasteiger partial charge in [-0.15, -0.1) is 0 Å². The summed E-state index contributed by atoms with van der Waals surface area (Å²) in [6, 6.07) is 0.924. The predicted octanol–water partition coefficient (Wildman–Crippen LogP) is 4.70. The van der Waals surface area contributed by atoms with Gasteiger partial charge in [-0.25, -0.2) is 4.98 Å². The van der Waals surface area contributed by atoms with Crippen LogP contribution in [0.4, 0.5) is 19.0 Å². The van der Waals surface area contributed by atoms with Crippen molar-refractivity contribution in [1.29, 1.82) is 0 Å². The molecule has 2 rings (SSSR count). The minimum Gasteiger partial charge on any atom is -0.293 e. The van der Waals surface area contributed by atoms with Gasteiger partial charge in [-0.2, -0.15) is 13.2 Å². The summed E-state index contributed by atoms with van der Waals surface area (Å²) < 4.78 is 38.3. The van der Waals surface area contributed by atoms with Crippen LogP contribution < -0.4 is 5.43 Å². The summed E-state index contributed by atoms with van der Waals surface area (Å²) in [4.78, 5) is 3.77. The van der Waals surface area contributed by atoms with Crippen molar-refractivity contribution in [2.75, 3.05) is 12.0 Å². The molecule has 0 amide bonds. The highest BCUT2D eigenvalue weighted by Crippen LogP contribution is 2.37. The molecule has 1 aromatic rings. The second-order valence-corrected chi connectivity index (χ2v) is 5.91. The number of nitrogens with zero attached hydrogens (tertiary/aromatic N) is 2. The lowest BCUT2D eigenvalue weighted by atomic mass is 10.1. The van der Waals surface area contributed by atoms with Crippen LogP contribution in [0.2, 0.25) is 5.15 Å². The maximum atomic E-state index is 12.7. The number of hydrogen-bond acceptors (Lipinski definition) is 3. The lowest BCUT2D eigenvalue weighted by Gasteiger charge is -2.20. The Morgan fingerprint density at radius 3 is 2.65 bits per heavy atom. The molecule has 0 saturated carbocycles. The molecule has 3 nitrogen and oxygen atoms in total. The standard InChI is InChI=1S/C12H12BrClF3N3/c1-6-4-20(5-7(6)2)19-11-9(13)3-8(10(14)18-11)12(15,16)17/h3-4,7H,5H2,1-2H3,(H,18,19). The summed E-state index contributed by atoms with van der Waals surface area (Å²) in [5.74, 6) is 0.632. The topological polar surface area (TPSA) is 28.2 Å². The number of aromatic nitrogens is 1. The molecule has 20 heavy (non-hydrogen) atoms. The van der Waals surface area contributed by atoms with Crippen molar-refractivity contribution in [3.63, 3.8) is 0 Å². The molecule has 110 valence electrons. The molecule has 1 unspecified atom stereocenters. The minimum absolute atomic E-state index is 0.208. The average molecular weight is 371 g/mol. The van der Waals surface area contributed by atoms with E-state index in [2.05, 4.69) is 33.3 Å². The fourth-order valence-corrected chi connectivity index (χ4v) is 2.47. The zero-order valence-electron chi connectivity index (χ0n) is 10.7. The van der Waals surface area contributed by atoms with E-state index in [4.69, 9.17) is 11.6 Å². The molecule has 1 aliphatic heterocycles. The summed E-state index contributed by atoms with van der Waals surface area (Å²) in [6.07, 6.45) is -2.63. The van der Waals surface area contributed by atoms with Gasteiger partial charge in [0.2, 0.25) is 0 Å². The molecule has 0 fully saturated rings. The van der Waals surface area contributed by atoms with Gasteiger partial charge in [0.05, 0.1) is 10.0 Å². The molecule has 0 bridgehead atoms. The molecular formula is C12H12BrClF3N3. The molecule has 0 spiro atoms. The van der Waals surface area contributed by atoms with E-state index in [9.17, 15) is 13.2 Å². The van der Waals surface area contributed by atoms with E-state index in [-0.39, 0.29) is 10.3 Å². The first-order valence-electron chi connectivity index (χ1n) is 5.83. The summed E-state index contributed by atoms with van der Waals surface area (Å²) in [5, 5.41) is 1.20. The van der Waals surface area contributed by atoms with Gasteiger partial charge < -0.3 is 0 Å². The van der Waals surface area contributed by atoms with Crippen LogP contribution in [0, 0.1) is 5.92 Å². The Labute approximate surface area is 127 Å². The monoisotopic (exact) mass is 369 g/mol. The quantitative estimate of drug-likeness (QED) is 0.765. The lowest BCUT2D eigenvalue weighted by molar-refractivity contribution is -0.137. The van der Waals surface area contributed by atoms with Crippen LogP contribution in [0.1, 0.15) is 19.4 Å². The number of hydrogen-bond donors (Lipinski definition) is 1. The zero-order chi connectivity index (χ0) is 15.1. The van der Waals surface area contributed by atoms with Crippen LogP contribution in [0.15, 0.2) is 22.3 Å². The number of hydrazine groups is 1.